The van der Waals surface area contributed by atoms with Crippen molar-refractivity contribution in [1.82, 2.24) is 0 Å². The first-order valence-corrected chi connectivity index (χ1v) is 22.5. The van der Waals surface area contributed by atoms with Gasteiger partial charge in [-0.25, -0.2) is 68.4 Å². The lowest BCUT2D eigenvalue weighted by Crippen LogP contribution is -2.21. The lowest BCUT2D eigenvalue weighted by molar-refractivity contribution is 0.0632. The van der Waals surface area contributed by atoms with E-state index in [0.717, 1.165) is 6.07 Å². The number of nitrogens with one attached hydrogen (secondary N) is 3. The number of carbonyl (C=O) groups is 9. The first kappa shape index (κ1) is 50.3. The summed E-state index contributed by atoms with van der Waals surface area (Å²) in [6, 6.07) is 4.42. The van der Waals surface area contributed by atoms with Gasteiger partial charge in [-0.15, -0.1) is 0 Å². The highest BCUT2D eigenvalue weighted by Crippen LogP contribution is 2.39. The van der Waals surface area contributed by atoms with Crippen LogP contribution in [0.25, 0.3) is 10.8 Å². The van der Waals surface area contributed by atoms with Crippen molar-refractivity contribution in [3.8, 4) is 0 Å². The van der Waals surface area contributed by atoms with Crippen LogP contribution in [0, 0.1) is 0 Å². The first-order valence-electron chi connectivity index (χ1n) is 17.3. The van der Waals surface area contributed by atoms with E-state index in [4.69, 9.17) is 0 Å². The SMILES string of the molecule is O=C(O)c1cc(NS(=O)(=O)c2cc(S(=O)(=O)Nc3cc(C(=O)O)c(C(=O)O)c(C(=O)O)c3)c3c(Br)ccc(S(=O)(=O)Nc4cc(C(=O)O)c(C(=O)O)c(C(=O)O)c4)c3c2)cc(C(=O)O)c1C(=O)O. The molecule has 0 radical (unpaired) electrons. The number of anilines is 3. The molecule has 0 heterocycles. The molecule has 354 valence electrons. The standard InChI is InChI=1S/C37H22BrN3O24S3/c38-22-1-2-23(67(62,63)40-12-5-18(31(46)47)26(36(56)57)19(6-12)32(48)49)15-9-14(66(60,61)39-11-3-16(29(42)43)25(35(54)55)17(4-11)30(44)45)10-24(28(15)22)68(64,65)41-13-7-20(33(50)51)27(37(58)59)21(8-13)34(52)53/h1-10,39-41H,(H,42,43)(H,44,45)(H,46,47)(H,48,49)(H,50,51)(H,52,53)(H,54,55)(H,56,57)(H,58,59). The van der Waals surface area contributed by atoms with E-state index in [1.165, 1.54) is 0 Å². The topological polar surface area (TPSA) is 474 Å². The molecular weight excluding hydrogens is 1050 g/mol. The van der Waals surface area contributed by atoms with Crippen molar-refractivity contribution in [1.29, 1.82) is 0 Å². The van der Waals surface area contributed by atoms with Crippen LogP contribution in [0.2, 0.25) is 0 Å². The molecule has 0 saturated carbocycles. The highest BCUT2D eigenvalue weighted by Gasteiger charge is 2.33. The Balaban J connectivity index is 1.87. The van der Waals surface area contributed by atoms with Gasteiger partial charge in [0.1, 0.15) is 0 Å². The molecule has 0 aliphatic heterocycles. The van der Waals surface area contributed by atoms with Crippen molar-refractivity contribution in [2.45, 2.75) is 14.7 Å². The number of sulfonamides is 3. The fraction of sp³-hybridized carbons (Fsp3) is 0. The molecule has 31 heteroatoms. The fourth-order valence-corrected chi connectivity index (χ4v) is 10.8. The molecule has 0 amide bonds. The predicted molar refractivity (Wildman–Crippen MR) is 226 cm³/mol. The quantitative estimate of drug-likeness (QED) is 0.0599. The van der Waals surface area contributed by atoms with Crippen LogP contribution in [0.1, 0.15) is 93.2 Å². The number of aromatic carboxylic acids is 9. The number of hydrogen-bond donors (Lipinski definition) is 12. The summed E-state index contributed by atoms with van der Waals surface area (Å²) in [5.41, 5.74) is -14.5. The van der Waals surface area contributed by atoms with Crippen LogP contribution in [-0.4, -0.2) is 125 Å². The Kier molecular flexibility index (Phi) is 13.3. The Morgan fingerprint density at radius 1 is 0.368 bits per heavy atom. The van der Waals surface area contributed by atoms with Gasteiger partial charge in [-0.1, -0.05) is 15.9 Å². The largest absolute Gasteiger partial charge is 0.478 e. The first-order chi connectivity index (χ1) is 31.3. The molecule has 0 spiro atoms. The average molecular weight is 1070 g/mol. The third kappa shape index (κ3) is 9.64. The summed E-state index contributed by atoms with van der Waals surface area (Å²) in [4.78, 5) is 104. The van der Waals surface area contributed by atoms with Crippen LogP contribution < -0.4 is 14.2 Å². The van der Waals surface area contributed by atoms with Crippen molar-refractivity contribution < 1.29 is 114 Å². The normalized spacial score (nSPS) is 11.5. The smallest absolute Gasteiger partial charge is 0.337 e. The Morgan fingerprint density at radius 2 is 0.647 bits per heavy atom. The van der Waals surface area contributed by atoms with Crippen molar-refractivity contribution in [2.75, 3.05) is 14.2 Å². The molecule has 5 rings (SSSR count). The molecule has 0 saturated heterocycles. The van der Waals surface area contributed by atoms with Crippen molar-refractivity contribution in [2.24, 2.45) is 0 Å². The van der Waals surface area contributed by atoms with Crippen LogP contribution in [0.4, 0.5) is 17.1 Å². The van der Waals surface area contributed by atoms with Crippen LogP contribution in [0.5, 0.6) is 0 Å². The maximum atomic E-state index is 14.4. The Morgan fingerprint density at radius 3 is 0.926 bits per heavy atom. The number of carboxylic acid groups (broad SMARTS) is 9. The third-order valence-electron chi connectivity index (χ3n) is 9.05. The second-order valence-corrected chi connectivity index (χ2v) is 19.1. The van der Waals surface area contributed by atoms with Crippen LogP contribution in [0.3, 0.4) is 0 Å². The molecule has 27 nitrogen and oxygen atoms in total. The van der Waals surface area contributed by atoms with E-state index in [1.807, 2.05) is 0 Å². The summed E-state index contributed by atoms with van der Waals surface area (Å²) in [5, 5.41) is 85.0. The summed E-state index contributed by atoms with van der Waals surface area (Å²) in [6.07, 6.45) is 0. The fourth-order valence-electron chi connectivity index (χ4n) is 6.39. The predicted octanol–water partition coefficient (Wildman–Crippen LogP) is 3.29. The zero-order valence-electron chi connectivity index (χ0n) is 32.5. The lowest BCUT2D eigenvalue weighted by Gasteiger charge is -2.19. The molecule has 0 unspecified atom stereocenters. The molecule has 0 bridgehead atoms. The van der Waals surface area contributed by atoms with Gasteiger partial charge in [0.15, 0.2) is 0 Å². The molecule has 0 aromatic heterocycles. The number of halogens is 1. The average Bonchev–Trinajstić information content (AvgIpc) is 3.21. The van der Waals surface area contributed by atoms with Crippen LogP contribution in [-0.2, 0) is 30.1 Å². The minimum atomic E-state index is -5.58. The summed E-state index contributed by atoms with van der Waals surface area (Å²) in [6.45, 7) is 0. The number of carboxylic acids is 9. The molecule has 5 aromatic rings. The number of rotatable bonds is 18. The Hall–Kier alpha value is -8.68. The van der Waals surface area contributed by atoms with E-state index in [-0.39, 0.29) is 6.07 Å². The highest BCUT2D eigenvalue weighted by molar-refractivity contribution is 9.10. The lowest BCUT2D eigenvalue weighted by atomic mass is 10.00. The highest BCUT2D eigenvalue weighted by atomic mass is 79.9. The number of benzene rings is 5. The second-order valence-electron chi connectivity index (χ2n) is 13.3. The molecular formula is C37H22BrN3O24S3. The van der Waals surface area contributed by atoms with E-state index in [2.05, 4.69) is 15.9 Å². The number of fused-ring (bicyclic) bond motifs is 1. The monoisotopic (exact) mass is 1070 g/mol. The van der Waals surface area contributed by atoms with Gasteiger partial charge < -0.3 is 46.0 Å². The molecule has 0 fully saturated rings. The van der Waals surface area contributed by atoms with E-state index < -0.39 is 181 Å². The van der Waals surface area contributed by atoms with Crippen molar-refractivity contribution >= 4 is 128 Å². The van der Waals surface area contributed by atoms with Gasteiger partial charge in [-0.3, -0.25) is 14.2 Å². The molecule has 0 aliphatic carbocycles. The molecule has 68 heavy (non-hydrogen) atoms. The van der Waals surface area contributed by atoms with E-state index >= 15 is 0 Å². The Labute approximate surface area is 384 Å². The Bertz CT molecular complexity index is 3450. The van der Waals surface area contributed by atoms with E-state index in [9.17, 15) is 114 Å². The van der Waals surface area contributed by atoms with E-state index in [1.54, 1.807) is 14.2 Å². The zero-order chi connectivity index (χ0) is 51.3. The minimum Gasteiger partial charge on any atom is -0.478 e. The van der Waals surface area contributed by atoms with Gasteiger partial charge in [0.05, 0.1) is 81.8 Å². The minimum absolute atomic E-state index is 0.286. The van der Waals surface area contributed by atoms with E-state index in [0.29, 0.717) is 48.5 Å². The third-order valence-corrected chi connectivity index (χ3v) is 13.9. The molecule has 12 N–H and O–H groups in total. The van der Waals surface area contributed by atoms with Gasteiger partial charge in [0.2, 0.25) is 0 Å². The molecule has 5 aromatic carbocycles. The maximum Gasteiger partial charge on any atom is 0.337 e. The molecule has 0 aliphatic rings. The van der Waals surface area contributed by atoms with Gasteiger partial charge in [0, 0.05) is 15.2 Å². The van der Waals surface area contributed by atoms with Crippen LogP contribution >= 0.6 is 15.9 Å². The summed E-state index contributed by atoms with van der Waals surface area (Å²) >= 11 is 3.00. The van der Waals surface area contributed by atoms with Gasteiger partial charge >= 0.3 is 53.7 Å². The molecule has 0 atom stereocenters. The summed E-state index contributed by atoms with van der Waals surface area (Å²) in [5.74, 6) is -18.7. The second kappa shape index (κ2) is 17.9. The van der Waals surface area contributed by atoms with Gasteiger partial charge in [-0.05, 0) is 60.7 Å². The van der Waals surface area contributed by atoms with Crippen molar-refractivity contribution in [3.05, 3.63) is 115 Å². The van der Waals surface area contributed by atoms with Gasteiger partial charge in [0.25, 0.3) is 30.1 Å². The van der Waals surface area contributed by atoms with Crippen molar-refractivity contribution in [3.63, 3.8) is 0 Å². The number of hydrogen-bond acceptors (Lipinski definition) is 15. The zero-order valence-corrected chi connectivity index (χ0v) is 36.6. The van der Waals surface area contributed by atoms with Gasteiger partial charge in [-0.2, -0.15) is 0 Å². The maximum absolute atomic E-state index is 14.4. The summed E-state index contributed by atoms with van der Waals surface area (Å²) in [7, 11) is -16.5. The van der Waals surface area contributed by atoms with Crippen LogP contribution in [0.15, 0.2) is 79.8 Å². The summed E-state index contributed by atoms with van der Waals surface area (Å²) < 4.78 is 90.4.